The SMILES string of the molecule is CCCC(N)CNS(=O)(=O)c1cn[nH]c1C. The van der Waals surface area contributed by atoms with Crippen molar-refractivity contribution in [2.24, 2.45) is 5.73 Å². The Morgan fingerprint density at radius 1 is 1.62 bits per heavy atom. The van der Waals surface area contributed by atoms with Crippen molar-refractivity contribution in [2.45, 2.75) is 37.6 Å². The Kier molecular flexibility index (Phi) is 4.45. The fraction of sp³-hybridized carbons (Fsp3) is 0.667. The van der Waals surface area contributed by atoms with Gasteiger partial charge in [0.15, 0.2) is 0 Å². The largest absolute Gasteiger partial charge is 0.327 e. The van der Waals surface area contributed by atoms with E-state index in [4.69, 9.17) is 5.73 Å². The molecule has 1 heterocycles. The third-order valence-corrected chi connectivity index (χ3v) is 3.81. The molecule has 0 saturated carbocycles. The minimum Gasteiger partial charge on any atom is -0.327 e. The second-order valence-corrected chi connectivity index (χ2v) is 5.50. The second-order valence-electron chi connectivity index (χ2n) is 3.76. The standard InChI is InChI=1S/C9H18N4O2S/c1-3-4-8(10)5-12-16(14,15)9-6-11-13-7(9)2/h6,8,12H,3-5,10H2,1-2H3,(H,11,13). The summed E-state index contributed by atoms with van der Waals surface area (Å²) in [6, 6.07) is -0.146. The van der Waals surface area contributed by atoms with Crippen molar-refractivity contribution in [3.63, 3.8) is 0 Å². The normalized spacial score (nSPS) is 13.9. The maximum Gasteiger partial charge on any atom is 0.244 e. The highest BCUT2D eigenvalue weighted by Gasteiger charge is 2.18. The van der Waals surface area contributed by atoms with Crippen LogP contribution in [-0.2, 0) is 10.0 Å². The lowest BCUT2D eigenvalue weighted by Crippen LogP contribution is -2.37. The zero-order valence-electron chi connectivity index (χ0n) is 9.53. The molecule has 0 saturated heterocycles. The molecule has 0 bridgehead atoms. The van der Waals surface area contributed by atoms with Gasteiger partial charge in [0.2, 0.25) is 10.0 Å². The lowest BCUT2D eigenvalue weighted by atomic mass is 10.2. The van der Waals surface area contributed by atoms with Crippen LogP contribution < -0.4 is 10.5 Å². The zero-order valence-corrected chi connectivity index (χ0v) is 10.3. The van der Waals surface area contributed by atoms with Crippen LogP contribution in [0.15, 0.2) is 11.1 Å². The fourth-order valence-corrected chi connectivity index (χ4v) is 2.61. The molecule has 0 radical (unpaired) electrons. The van der Waals surface area contributed by atoms with Gasteiger partial charge in [-0.2, -0.15) is 5.10 Å². The summed E-state index contributed by atoms with van der Waals surface area (Å²) in [6.45, 7) is 3.92. The number of sulfonamides is 1. The maximum atomic E-state index is 11.8. The van der Waals surface area contributed by atoms with E-state index < -0.39 is 10.0 Å². The number of H-pyrrole nitrogens is 1. The molecule has 0 spiro atoms. The van der Waals surface area contributed by atoms with Gasteiger partial charge in [-0.25, -0.2) is 13.1 Å². The number of aromatic nitrogens is 2. The minimum absolute atomic E-state index is 0.146. The average Bonchev–Trinajstić information content (AvgIpc) is 2.63. The molecule has 1 aromatic rings. The first-order valence-electron chi connectivity index (χ1n) is 5.22. The van der Waals surface area contributed by atoms with Crippen LogP contribution in [0.4, 0.5) is 0 Å². The van der Waals surface area contributed by atoms with Gasteiger partial charge in [-0.05, 0) is 13.3 Å². The number of hydrogen-bond acceptors (Lipinski definition) is 4. The van der Waals surface area contributed by atoms with Crippen molar-refractivity contribution < 1.29 is 8.42 Å². The van der Waals surface area contributed by atoms with Crippen molar-refractivity contribution in [3.05, 3.63) is 11.9 Å². The molecule has 0 fully saturated rings. The highest BCUT2D eigenvalue weighted by atomic mass is 32.2. The Balaban J connectivity index is 2.63. The molecule has 1 rings (SSSR count). The lowest BCUT2D eigenvalue weighted by Gasteiger charge is -2.11. The van der Waals surface area contributed by atoms with Crippen LogP contribution in [0.5, 0.6) is 0 Å². The monoisotopic (exact) mass is 246 g/mol. The first-order chi connectivity index (χ1) is 7.47. The summed E-state index contributed by atoms with van der Waals surface area (Å²) < 4.78 is 26.1. The van der Waals surface area contributed by atoms with E-state index >= 15 is 0 Å². The van der Waals surface area contributed by atoms with Crippen LogP contribution in [0.2, 0.25) is 0 Å². The Morgan fingerprint density at radius 3 is 2.81 bits per heavy atom. The highest BCUT2D eigenvalue weighted by molar-refractivity contribution is 7.89. The number of aromatic amines is 1. The third kappa shape index (κ3) is 3.29. The first kappa shape index (κ1) is 13.1. The summed E-state index contributed by atoms with van der Waals surface area (Å²) in [6.07, 6.45) is 3.03. The van der Waals surface area contributed by atoms with Crippen LogP contribution in [-0.4, -0.2) is 31.2 Å². The lowest BCUT2D eigenvalue weighted by molar-refractivity contribution is 0.552. The van der Waals surface area contributed by atoms with Crippen molar-refractivity contribution in [1.29, 1.82) is 0 Å². The summed E-state index contributed by atoms with van der Waals surface area (Å²) >= 11 is 0. The molecular formula is C9H18N4O2S. The minimum atomic E-state index is -3.48. The highest BCUT2D eigenvalue weighted by Crippen LogP contribution is 2.10. The summed E-state index contributed by atoms with van der Waals surface area (Å²) in [4.78, 5) is 0.177. The van der Waals surface area contributed by atoms with E-state index in [9.17, 15) is 8.42 Å². The zero-order chi connectivity index (χ0) is 12.2. The van der Waals surface area contributed by atoms with Crippen LogP contribution >= 0.6 is 0 Å². The molecule has 1 aromatic heterocycles. The number of rotatable bonds is 6. The van der Waals surface area contributed by atoms with Gasteiger partial charge in [-0.1, -0.05) is 13.3 Å². The molecule has 0 aliphatic carbocycles. The molecule has 1 unspecified atom stereocenters. The molecule has 0 amide bonds. The van der Waals surface area contributed by atoms with Crippen LogP contribution in [0.3, 0.4) is 0 Å². The summed E-state index contributed by atoms with van der Waals surface area (Å²) in [5, 5.41) is 6.26. The van der Waals surface area contributed by atoms with Gasteiger partial charge >= 0.3 is 0 Å². The summed E-state index contributed by atoms with van der Waals surface area (Å²) in [7, 11) is -3.48. The van der Waals surface area contributed by atoms with Crippen molar-refractivity contribution in [2.75, 3.05) is 6.54 Å². The molecule has 92 valence electrons. The van der Waals surface area contributed by atoms with Gasteiger partial charge in [0.1, 0.15) is 4.90 Å². The van der Waals surface area contributed by atoms with E-state index in [2.05, 4.69) is 14.9 Å². The van der Waals surface area contributed by atoms with Gasteiger partial charge in [-0.3, -0.25) is 5.10 Å². The maximum absolute atomic E-state index is 11.8. The van der Waals surface area contributed by atoms with Crippen molar-refractivity contribution >= 4 is 10.0 Å². The molecule has 0 aliphatic heterocycles. The molecular weight excluding hydrogens is 228 g/mol. The number of hydrogen-bond donors (Lipinski definition) is 3. The van der Waals surface area contributed by atoms with E-state index in [-0.39, 0.29) is 17.5 Å². The molecule has 0 aliphatic rings. The predicted molar refractivity (Wildman–Crippen MR) is 61.4 cm³/mol. The van der Waals surface area contributed by atoms with E-state index in [1.807, 2.05) is 6.92 Å². The van der Waals surface area contributed by atoms with Gasteiger partial charge < -0.3 is 5.73 Å². The number of aryl methyl sites for hydroxylation is 1. The summed E-state index contributed by atoms with van der Waals surface area (Å²) in [5.74, 6) is 0. The van der Waals surface area contributed by atoms with E-state index in [1.54, 1.807) is 6.92 Å². The molecule has 6 nitrogen and oxygen atoms in total. The van der Waals surface area contributed by atoms with Gasteiger partial charge in [0, 0.05) is 12.6 Å². The van der Waals surface area contributed by atoms with Crippen molar-refractivity contribution in [3.8, 4) is 0 Å². The number of nitrogens with one attached hydrogen (secondary N) is 2. The topological polar surface area (TPSA) is 101 Å². The average molecular weight is 246 g/mol. The Hall–Kier alpha value is -0.920. The molecule has 1 atom stereocenters. The molecule has 4 N–H and O–H groups in total. The third-order valence-electron chi connectivity index (χ3n) is 2.27. The van der Waals surface area contributed by atoms with Crippen molar-refractivity contribution in [1.82, 2.24) is 14.9 Å². The molecule has 7 heteroatoms. The Labute approximate surface area is 95.7 Å². The van der Waals surface area contributed by atoms with Crippen LogP contribution in [0, 0.1) is 6.92 Å². The predicted octanol–water partition coefficient (Wildman–Crippen LogP) is 0.124. The van der Waals surface area contributed by atoms with E-state index in [1.165, 1.54) is 6.20 Å². The molecule has 0 aromatic carbocycles. The summed E-state index contributed by atoms with van der Waals surface area (Å²) in [5.41, 5.74) is 6.26. The van der Waals surface area contributed by atoms with E-state index in [0.717, 1.165) is 12.8 Å². The van der Waals surface area contributed by atoms with E-state index in [0.29, 0.717) is 5.69 Å². The van der Waals surface area contributed by atoms with Crippen LogP contribution in [0.1, 0.15) is 25.5 Å². The van der Waals surface area contributed by atoms with Crippen LogP contribution in [0.25, 0.3) is 0 Å². The fourth-order valence-electron chi connectivity index (χ4n) is 1.38. The van der Waals surface area contributed by atoms with Gasteiger partial charge in [-0.15, -0.1) is 0 Å². The Bertz CT molecular complexity index is 426. The van der Waals surface area contributed by atoms with Gasteiger partial charge in [0.25, 0.3) is 0 Å². The smallest absolute Gasteiger partial charge is 0.244 e. The Morgan fingerprint density at radius 2 is 2.31 bits per heavy atom. The second kappa shape index (κ2) is 5.42. The van der Waals surface area contributed by atoms with Gasteiger partial charge in [0.05, 0.1) is 11.9 Å². The molecule has 16 heavy (non-hydrogen) atoms. The number of nitrogens with zero attached hydrogens (tertiary/aromatic N) is 1. The quantitative estimate of drug-likeness (QED) is 0.663. The number of nitrogens with two attached hydrogens (primary N) is 1. The first-order valence-corrected chi connectivity index (χ1v) is 6.71.